The third kappa shape index (κ3) is 5.50. The van der Waals surface area contributed by atoms with Crippen molar-refractivity contribution in [1.29, 1.82) is 5.26 Å². The Bertz CT molecular complexity index is 1150. The summed E-state index contributed by atoms with van der Waals surface area (Å²) < 4.78 is 5.42. The van der Waals surface area contributed by atoms with Gasteiger partial charge in [0.2, 0.25) is 0 Å². The van der Waals surface area contributed by atoms with Crippen molar-refractivity contribution in [3.63, 3.8) is 0 Å². The molecule has 1 saturated heterocycles. The predicted molar refractivity (Wildman–Crippen MR) is 123 cm³/mol. The number of ether oxygens (including phenoxy) is 1. The second-order valence-electron chi connectivity index (χ2n) is 7.24. The highest BCUT2D eigenvalue weighted by molar-refractivity contribution is 6.00. The van der Waals surface area contributed by atoms with Crippen LogP contribution in [0.3, 0.4) is 0 Å². The van der Waals surface area contributed by atoms with Crippen LogP contribution in [-0.2, 0) is 4.74 Å². The van der Waals surface area contributed by atoms with Gasteiger partial charge in [-0.25, -0.2) is 14.8 Å². The van der Waals surface area contributed by atoms with E-state index < -0.39 is 6.03 Å². The first-order chi connectivity index (χ1) is 15.6. The van der Waals surface area contributed by atoms with Crippen molar-refractivity contribution in [2.75, 3.05) is 47.2 Å². The zero-order chi connectivity index (χ0) is 22.3. The Kier molecular flexibility index (Phi) is 6.43. The van der Waals surface area contributed by atoms with Gasteiger partial charge in [-0.05, 0) is 43.3 Å². The van der Waals surface area contributed by atoms with Crippen LogP contribution >= 0.6 is 0 Å². The number of benzene rings is 2. The molecule has 9 nitrogen and oxygen atoms in total. The second kappa shape index (κ2) is 9.76. The van der Waals surface area contributed by atoms with E-state index in [1.165, 1.54) is 0 Å². The second-order valence-corrected chi connectivity index (χ2v) is 7.24. The fourth-order valence-corrected chi connectivity index (χ4v) is 3.35. The monoisotopic (exact) mass is 429 g/mol. The van der Waals surface area contributed by atoms with Crippen LogP contribution in [0.25, 0.3) is 0 Å². The zero-order valence-electron chi connectivity index (χ0n) is 17.6. The maximum Gasteiger partial charge on any atom is 0.323 e. The first-order valence-electron chi connectivity index (χ1n) is 10.2. The summed E-state index contributed by atoms with van der Waals surface area (Å²) in [5.74, 6) is 2.20. The number of nitrogens with one attached hydrogen (secondary N) is 3. The van der Waals surface area contributed by atoms with Gasteiger partial charge in [0.05, 0.1) is 24.8 Å². The molecule has 0 unspecified atom stereocenters. The molecule has 0 atom stereocenters. The molecule has 2 aromatic carbocycles. The van der Waals surface area contributed by atoms with Crippen molar-refractivity contribution >= 4 is 34.7 Å². The number of hydrogen-bond acceptors (Lipinski definition) is 7. The number of carbonyl (C=O) groups is 1. The molecule has 0 spiro atoms. The molecule has 32 heavy (non-hydrogen) atoms. The summed E-state index contributed by atoms with van der Waals surface area (Å²) in [7, 11) is 0. The molecule has 3 aromatic rings. The van der Waals surface area contributed by atoms with E-state index in [4.69, 9.17) is 10.00 Å². The number of morpholine rings is 1. The molecule has 1 fully saturated rings. The van der Waals surface area contributed by atoms with Crippen LogP contribution in [0.15, 0.2) is 54.6 Å². The molecule has 0 saturated carbocycles. The fraction of sp³-hybridized carbons (Fsp3) is 0.217. The smallest absolute Gasteiger partial charge is 0.323 e. The maximum absolute atomic E-state index is 12.4. The highest BCUT2D eigenvalue weighted by Gasteiger charge is 2.14. The largest absolute Gasteiger partial charge is 0.378 e. The van der Waals surface area contributed by atoms with Gasteiger partial charge in [-0.15, -0.1) is 0 Å². The third-order valence-electron chi connectivity index (χ3n) is 4.80. The van der Waals surface area contributed by atoms with E-state index in [1.807, 2.05) is 31.2 Å². The van der Waals surface area contributed by atoms with Crippen molar-refractivity contribution < 1.29 is 9.53 Å². The fourth-order valence-electron chi connectivity index (χ4n) is 3.35. The van der Waals surface area contributed by atoms with Crippen LogP contribution in [0.1, 0.15) is 11.4 Å². The Morgan fingerprint density at radius 2 is 1.69 bits per heavy atom. The molecule has 0 radical (unpaired) electrons. The normalized spacial score (nSPS) is 13.2. The molecule has 4 rings (SSSR count). The van der Waals surface area contributed by atoms with Gasteiger partial charge in [-0.2, -0.15) is 5.26 Å². The average molecular weight is 429 g/mol. The van der Waals surface area contributed by atoms with E-state index in [0.29, 0.717) is 41.8 Å². The van der Waals surface area contributed by atoms with E-state index in [9.17, 15) is 4.79 Å². The number of amides is 2. The Morgan fingerprint density at radius 1 is 1.00 bits per heavy atom. The van der Waals surface area contributed by atoms with Crippen molar-refractivity contribution in [2.24, 2.45) is 0 Å². The average Bonchev–Trinajstić information content (AvgIpc) is 2.79. The molecule has 162 valence electrons. The molecule has 1 aliphatic heterocycles. The molecule has 0 bridgehead atoms. The van der Waals surface area contributed by atoms with Crippen LogP contribution in [0.4, 0.5) is 33.5 Å². The first kappa shape index (κ1) is 21.1. The number of carbonyl (C=O) groups excluding carboxylic acids is 1. The van der Waals surface area contributed by atoms with Gasteiger partial charge in [0.1, 0.15) is 17.5 Å². The summed E-state index contributed by atoms with van der Waals surface area (Å²) in [5, 5.41) is 17.8. The quantitative estimate of drug-likeness (QED) is 0.564. The Hall–Kier alpha value is -4.16. The molecule has 0 aliphatic carbocycles. The molecular formula is C23H23N7O2. The molecule has 2 amide bonds. The minimum atomic E-state index is -0.398. The Balaban J connectivity index is 1.43. The maximum atomic E-state index is 12.4. The first-order valence-corrected chi connectivity index (χ1v) is 10.2. The molecular weight excluding hydrogens is 406 g/mol. The van der Waals surface area contributed by atoms with Gasteiger partial charge in [0.15, 0.2) is 0 Å². The lowest BCUT2D eigenvalue weighted by Crippen LogP contribution is -2.36. The van der Waals surface area contributed by atoms with Gasteiger partial charge < -0.3 is 25.6 Å². The van der Waals surface area contributed by atoms with Gasteiger partial charge in [-0.1, -0.05) is 12.1 Å². The number of rotatable bonds is 5. The SMILES string of the molecule is Cc1nc(Nc2cccc(NC(=O)Nc3cccc(C#N)c3)c2)cc(N2CCOCC2)n1. The number of nitrogens with zero attached hydrogens (tertiary/aromatic N) is 4. The summed E-state index contributed by atoms with van der Waals surface area (Å²) in [6.07, 6.45) is 0. The predicted octanol–water partition coefficient (Wildman–Crippen LogP) is 3.88. The molecule has 9 heteroatoms. The number of hydrogen-bond donors (Lipinski definition) is 3. The van der Waals surface area contributed by atoms with Crippen molar-refractivity contribution in [2.45, 2.75) is 6.92 Å². The van der Waals surface area contributed by atoms with Crippen LogP contribution in [0.5, 0.6) is 0 Å². The number of urea groups is 1. The highest BCUT2D eigenvalue weighted by Crippen LogP contribution is 2.23. The Morgan fingerprint density at radius 3 is 2.44 bits per heavy atom. The van der Waals surface area contributed by atoms with Crippen LogP contribution in [0, 0.1) is 18.3 Å². The minimum absolute atomic E-state index is 0.398. The summed E-state index contributed by atoms with van der Waals surface area (Å²) in [5.41, 5.74) is 2.41. The van der Waals surface area contributed by atoms with E-state index >= 15 is 0 Å². The van der Waals surface area contributed by atoms with Crippen LogP contribution in [0.2, 0.25) is 0 Å². The van der Waals surface area contributed by atoms with Crippen molar-refractivity contribution in [1.82, 2.24) is 9.97 Å². The lowest BCUT2D eigenvalue weighted by Gasteiger charge is -2.28. The highest BCUT2D eigenvalue weighted by atomic mass is 16.5. The molecule has 1 aromatic heterocycles. The number of anilines is 5. The Labute approximate surface area is 186 Å². The molecule has 3 N–H and O–H groups in total. The standard InChI is InChI=1S/C23H23N7O2/c1-16-25-21(14-22(26-16)30-8-10-32-11-9-30)27-19-6-3-7-20(13-19)29-23(31)28-18-5-2-4-17(12-18)15-24/h2-7,12-14H,8-11H2,1H3,(H,25,26,27)(H2,28,29,31). The summed E-state index contributed by atoms with van der Waals surface area (Å²) in [6.45, 7) is 4.81. The number of nitriles is 1. The van der Waals surface area contributed by atoms with Crippen molar-refractivity contribution in [3.05, 3.63) is 66.0 Å². The van der Waals surface area contributed by atoms with Crippen LogP contribution < -0.4 is 20.9 Å². The van der Waals surface area contributed by atoms with Crippen LogP contribution in [-0.4, -0.2) is 42.3 Å². The number of aryl methyl sites for hydroxylation is 1. The van der Waals surface area contributed by atoms with E-state index in [2.05, 4.69) is 36.9 Å². The summed E-state index contributed by atoms with van der Waals surface area (Å²) in [6, 6.07) is 17.6. The minimum Gasteiger partial charge on any atom is -0.378 e. The summed E-state index contributed by atoms with van der Waals surface area (Å²) in [4.78, 5) is 23.5. The van der Waals surface area contributed by atoms with Gasteiger partial charge in [0.25, 0.3) is 0 Å². The third-order valence-corrected chi connectivity index (χ3v) is 4.80. The molecule has 2 heterocycles. The number of aromatic nitrogens is 2. The lowest BCUT2D eigenvalue weighted by molar-refractivity contribution is 0.122. The van der Waals surface area contributed by atoms with Gasteiger partial charge >= 0.3 is 6.03 Å². The lowest BCUT2D eigenvalue weighted by atomic mass is 10.2. The molecule has 1 aliphatic rings. The van der Waals surface area contributed by atoms with E-state index in [-0.39, 0.29) is 0 Å². The zero-order valence-corrected chi connectivity index (χ0v) is 17.6. The topological polar surface area (TPSA) is 115 Å². The van der Waals surface area contributed by atoms with E-state index in [0.717, 1.165) is 24.6 Å². The van der Waals surface area contributed by atoms with Crippen molar-refractivity contribution in [3.8, 4) is 6.07 Å². The summed E-state index contributed by atoms with van der Waals surface area (Å²) >= 11 is 0. The van der Waals surface area contributed by atoms with E-state index in [1.54, 1.807) is 30.3 Å². The van der Waals surface area contributed by atoms with Gasteiger partial charge in [-0.3, -0.25) is 0 Å². The van der Waals surface area contributed by atoms with Gasteiger partial charge in [0, 0.05) is 36.2 Å².